The fourth-order valence-corrected chi connectivity index (χ4v) is 1.77. The van der Waals surface area contributed by atoms with Crippen molar-refractivity contribution in [2.45, 2.75) is 32.1 Å². The van der Waals surface area contributed by atoms with Crippen LogP contribution in [0, 0.1) is 0 Å². The SMILES string of the molecule is C=Cc1ncc2c(n1)CCCCC2. The van der Waals surface area contributed by atoms with Crippen molar-refractivity contribution in [1.29, 1.82) is 0 Å². The Morgan fingerprint density at radius 2 is 2.08 bits per heavy atom. The second kappa shape index (κ2) is 3.69. The molecule has 0 saturated heterocycles. The summed E-state index contributed by atoms with van der Waals surface area (Å²) in [6, 6.07) is 0. The molecule has 0 spiro atoms. The summed E-state index contributed by atoms with van der Waals surface area (Å²) in [5.74, 6) is 0.764. The Kier molecular flexibility index (Phi) is 2.39. The topological polar surface area (TPSA) is 25.8 Å². The van der Waals surface area contributed by atoms with E-state index in [1.54, 1.807) is 6.08 Å². The Hall–Kier alpha value is -1.18. The number of aryl methyl sites for hydroxylation is 2. The maximum Gasteiger partial charge on any atom is 0.151 e. The third-order valence-corrected chi connectivity index (χ3v) is 2.52. The number of rotatable bonds is 1. The van der Waals surface area contributed by atoms with Gasteiger partial charge in [0, 0.05) is 11.9 Å². The normalized spacial score (nSPS) is 16.0. The van der Waals surface area contributed by atoms with Gasteiger partial charge in [-0.05, 0) is 37.3 Å². The summed E-state index contributed by atoms with van der Waals surface area (Å²) in [5.41, 5.74) is 2.57. The fourth-order valence-electron chi connectivity index (χ4n) is 1.77. The lowest BCUT2D eigenvalue weighted by molar-refractivity contribution is 0.708. The molecule has 13 heavy (non-hydrogen) atoms. The minimum Gasteiger partial charge on any atom is -0.237 e. The van der Waals surface area contributed by atoms with Gasteiger partial charge in [0.25, 0.3) is 0 Å². The minimum absolute atomic E-state index is 0.764. The van der Waals surface area contributed by atoms with Gasteiger partial charge >= 0.3 is 0 Å². The molecule has 2 nitrogen and oxygen atoms in total. The summed E-state index contributed by atoms with van der Waals surface area (Å²) in [4.78, 5) is 8.69. The van der Waals surface area contributed by atoms with Crippen LogP contribution in [0.5, 0.6) is 0 Å². The molecule has 0 bridgehead atoms. The highest BCUT2D eigenvalue weighted by Crippen LogP contribution is 2.18. The number of aromatic nitrogens is 2. The van der Waals surface area contributed by atoms with E-state index in [-0.39, 0.29) is 0 Å². The summed E-state index contributed by atoms with van der Waals surface area (Å²) in [7, 11) is 0. The lowest BCUT2D eigenvalue weighted by Crippen LogP contribution is -1.99. The van der Waals surface area contributed by atoms with Crippen LogP contribution in [0.2, 0.25) is 0 Å². The van der Waals surface area contributed by atoms with Crippen LogP contribution in [-0.2, 0) is 12.8 Å². The van der Waals surface area contributed by atoms with Gasteiger partial charge in [-0.2, -0.15) is 0 Å². The quantitative estimate of drug-likeness (QED) is 0.611. The molecular formula is C11H14N2. The second-order valence-corrected chi connectivity index (χ2v) is 3.46. The first-order valence-electron chi connectivity index (χ1n) is 4.87. The third kappa shape index (κ3) is 1.77. The van der Waals surface area contributed by atoms with Crippen molar-refractivity contribution >= 4 is 6.08 Å². The molecule has 0 N–H and O–H groups in total. The summed E-state index contributed by atoms with van der Waals surface area (Å²) >= 11 is 0. The molecule has 0 aliphatic heterocycles. The van der Waals surface area contributed by atoms with E-state index in [1.807, 2.05) is 6.20 Å². The Balaban J connectivity index is 2.37. The van der Waals surface area contributed by atoms with Gasteiger partial charge in [-0.15, -0.1) is 0 Å². The molecule has 0 amide bonds. The molecule has 0 saturated carbocycles. The van der Waals surface area contributed by atoms with Crippen LogP contribution in [-0.4, -0.2) is 9.97 Å². The molecule has 1 aliphatic carbocycles. The maximum atomic E-state index is 4.46. The Bertz CT molecular complexity index is 318. The van der Waals surface area contributed by atoms with E-state index in [0.717, 1.165) is 18.7 Å². The number of hydrogen-bond acceptors (Lipinski definition) is 2. The van der Waals surface area contributed by atoms with Gasteiger partial charge in [0.05, 0.1) is 0 Å². The van der Waals surface area contributed by atoms with Gasteiger partial charge in [-0.1, -0.05) is 13.0 Å². The van der Waals surface area contributed by atoms with Crippen molar-refractivity contribution in [3.05, 3.63) is 29.9 Å². The molecule has 0 unspecified atom stereocenters. The van der Waals surface area contributed by atoms with Crippen LogP contribution < -0.4 is 0 Å². The van der Waals surface area contributed by atoms with E-state index < -0.39 is 0 Å². The van der Waals surface area contributed by atoms with Gasteiger partial charge < -0.3 is 0 Å². The van der Waals surface area contributed by atoms with Crippen molar-refractivity contribution in [3.63, 3.8) is 0 Å². The van der Waals surface area contributed by atoms with Crippen molar-refractivity contribution in [1.82, 2.24) is 9.97 Å². The van der Waals surface area contributed by atoms with Gasteiger partial charge in [0.1, 0.15) is 0 Å². The van der Waals surface area contributed by atoms with E-state index in [1.165, 1.54) is 30.5 Å². The lowest BCUT2D eigenvalue weighted by Gasteiger charge is -2.03. The first-order valence-corrected chi connectivity index (χ1v) is 4.87. The first kappa shape index (κ1) is 8.42. The average Bonchev–Trinajstić information content (AvgIpc) is 2.41. The van der Waals surface area contributed by atoms with Crippen LogP contribution in [0.1, 0.15) is 36.3 Å². The van der Waals surface area contributed by atoms with Crippen LogP contribution in [0.4, 0.5) is 0 Å². The molecule has 0 atom stereocenters. The van der Waals surface area contributed by atoms with Crippen molar-refractivity contribution in [3.8, 4) is 0 Å². The molecule has 1 heterocycles. The highest BCUT2D eigenvalue weighted by molar-refractivity contribution is 5.37. The molecular weight excluding hydrogens is 160 g/mol. The second-order valence-electron chi connectivity index (χ2n) is 3.46. The lowest BCUT2D eigenvalue weighted by atomic mass is 10.1. The molecule has 1 aromatic heterocycles. The third-order valence-electron chi connectivity index (χ3n) is 2.52. The van der Waals surface area contributed by atoms with Gasteiger partial charge in [0.2, 0.25) is 0 Å². The number of hydrogen-bond donors (Lipinski definition) is 0. The highest BCUT2D eigenvalue weighted by atomic mass is 14.9. The molecule has 1 aromatic rings. The monoisotopic (exact) mass is 174 g/mol. The molecule has 2 rings (SSSR count). The van der Waals surface area contributed by atoms with Crippen LogP contribution >= 0.6 is 0 Å². The average molecular weight is 174 g/mol. The van der Waals surface area contributed by atoms with Crippen molar-refractivity contribution in [2.75, 3.05) is 0 Å². The standard InChI is InChI=1S/C11H14N2/c1-2-11-12-8-9-6-4-3-5-7-10(9)13-11/h2,8H,1,3-7H2. The van der Waals surface area contributed by atoms with Gasteiger partial charge in [-0.25, -0.2) is 9.97 Å². The van der Waals surface area contributed by atoms with Crippen molar-refractivity contribution in [2.24, 2.45) is 0 Å². The first-order chi connectivity index (χ1) is 6.40. The van der Waals surface area contributed by atoms with Crippen LogP contribution in [0.3, 0.4) is 0 Å². The summed E-state index contributed by atoms with van der Waals surface area (Å²) in [6.07, 6.45) is 9.80. The predicted molar refractivity (Wildman–Crippen MR) is 53.4 cm³/mol. The summed E-state index contributed by atoms with van der Waals surface area (Å²) < 4.78 is 0. The molecule has 68 valence electrons. The Labute approximate surface area is 78.7 Å². The van der Waals surface area contributed by atoms with E-state index in [2.05, 4.69) is 16.5 Å². The van der Waals surface area contributed by atoms with Crippen molar-refractivity contribution < 1.29 is 0 Å². The zero-order valence-corrected chi connectivity index (χ0v) is 7.79. The molecule has 0 aromatic carbocycles. The highest BCUT2D eigenvalue weighted by Gasteiger charge is 2.09. The van der Waals surface area contributed by atoms with E-state index in [9.17, 15) is 0 Å². The minimum atomic E-state index is 0.764. The zero-order chi connectivity index (χ0) is 9.10. The largest absolute Gasteiger partial charge is 0.237 e. The zero-order valence-electron chi connectivity index (χ0n) is 7.79. The molecule has 0 fully saturated rings. The van der Waals surface area contributed by atoms with Crippen LogP contribution in [0.15, 0.2) is 12.8 Å². The predicted octanol–water partition coefficient (Wildman–Crippen LogP) is 2.39. The summed E-state index contributed by atoms with van der Waals surface area (Å²) in [5, 5.41) is 0. The fraction of sp³-hybridized carbons (Fsp3) is 0.455. The van der Waals surface area contributed by atoms with E-state index in [0.29, 0.717) is 0 Å². The molecule has 2 heteroatoms. The van der Waals surface area contributed by atoms with Gasteiger partial charge in [0.15, 0.2) is 5.82 Å². The smallest absolute Gasteiger partial charge is 0.151 e. The van der Waals surface area contributed by atoms with E-state index in [4.69, 9.17) is 0 Å². The molecule has 0 radical (unpaired) electrons. The Morgan fingerprint density at radius 1 is 1.23 bits per heavy atom. The van der Waals surface area contributed by atoms with E-state index >= 15 is 0 Å². The van der Waals surface area contributed by atoms with Gasteiger partial charge in [-0.3, -0.25) is 0 Å². The summed E-state index contributed by atoms with van der Waals surface area (Å²) in [6.45, 7) is 3.68. The van der Waals surface area contributed by atoms with Crippen LogP contribution in [0.25, 0.3) is 6.08 Å². The Morgan fingerprint density at radius 3 is 2.92 bits per heavy atom. The number of fused-ring (bicyclic) bond motifs is 1. The number of nitrogens with zero attached hydrogens (tertiary/aromatic N) is 2. The molecule has 1 aliphatic rings. The maximum absolute atomic E-state index is 4.46.